The van der Waals surface area contributed by atoms with E-state index in [9.17, 15) is 23.6 Å². The average Bonchev–Trinajstić information content (AvgIpc) is 3.27. The molecule has 0 fully saturated rings. The van der Waals surface area contributed by atoms with E-state index in [4.69, 9.17) is 16.3 Å². The highest BCUT2D eigenvalue weighted by Crippen LogP contribution is 2.24. The van der Waals surface area contributed by atoms with Gasteiger partial charge < -0.3 is 15.0 Å². The first-order valence-electron chi connectivity index (χ1n) is 13.7. The van der Waals surface area contributed by atoms with Crippen molar-refractivity contribution in [1.82, 2.24) is 25.1 Å². The fraction of sp³-hybridized carbons (Fsp3) is 0.226. The molecule has 1 aliphatic heterocycles. The minimum absolute atomic E-state index is 0.0363. The van der Waals surface area contributed by atoms with Gasteiger partial charge in [0.15, 0.2) is 0 Å². The minimum Gasteiger partial charge on any atom is -0.447 e. The van der Waals surface area contributed by atoms with E-state index in [-0.39, 0.29) is 48.8 Å². The molecule has 0 bridgehead atoms. The monoisotopic (exact) mass is 618 g/mol. The summed E-state index contributed by atoms with van der Waals surface area (Å²) in [6.45, 7) is -0.127. The number of hydrogen-bond donors (Lipinski definition) is 2. The third kappa shape index (κ3) is 6.76. The second kappa shape index (κ2) is 13.5. The van der Waals surface area contributed by atoms with Crippen LogP contribution < -0.4 is 10.6 Å². The van der Waals surface area contributed by atoms with E-state index in [2.05, 4.69) is 20.6 Å². The van der Waals surface area contributed by atoms with Gasteiger partial charge in [0.1, 0.15) is 18.2 Å². The number of carbonyl (C=O) groups excluding carboxylic acids is 4. The number of imide groups is 1. The molecule has 1 aliphatic rings. The first-order valence-corrected chi connectivity index (χ1v) is 14.1. The molecule has 0 saturated heterocycles. The molecular formula is C31H28ClFN6O5. The zero-order valence-corrected chi connectivity index (χ0v) is 24.4. The fourth-order valence-electron chi connectivity index (χ4n) is 4.82. The zero-order valence-electron chi connectivity index (χ0n) is 23.6. The van der Waals surface area contributed by atoms with Crippen LogP contribution in [-0.4, -0.2) is 69.9 Å². The number of likely N-dealkylation sites (N-methyl/N-ethyl adjacent to an activating group) is 1. The first-order chi connectivity index (χ1) is 21.2. The Kier molecular flexibility index (Phi) is 9.29. The number of fused-ring (bicyclic) bond motifs is 2. The molecule has 13 heteroatoms. The van der Waals surface area contributed by atoms with Crippen LogP contribution in [0.15, 0.2) is 73.2 Å². The number of pyridine rings is 2. The van der Waals surface area contributed by atoms with Crippen LogP contribution in [0.2, 0.25) is 5.02 Å². The molecule has 0 spiro atoms. The van der Waals surface area contributed by atoms with Crippen LogP contribution in [0, 0.1) is 5.82 Å². The molecule has 0 aliphatic carbocycles. The highest BCUT2D eigenvalue weighted by atomic mass is 35.5. The molecule has 0 unspecified atom stereocenters. The molecular weight excluding hydrogens is 591 g/mol. The number of hydrogen-bond acceptors (Lipinski definition) is 7. The second-order valence-electron chi connectivity index (χ2n) is 10.1. The van der Waals surface area contributed by atoms with Crippen LogP contribution in [0.1, 0.15) is 39.1 Å². The van der Waals surface area contributed by atoms with Crippen molar-refractivity contribution in [1.29, 1.82) is 0 Å². The van der Waals surface area contributed by atoms with Crippen LogP contribution in [0.3, 0.4) is 0 Å². The van der Waals surface area contributed by atoms with Crippen molar-refractivity contribution in [2.24, 2.45) is 0 Å². The summed E-state index contributed by atoms with van der Waals surface area (Å²) in [5, 5.41) is 6.80. The Morgan fingerprint density at radius 3 is 2.55 bits per heavy atom. The van der Waals surface area contributed by atoms with Gasteiger partial charge in [-0.25, -0.2) is 19.0 Å². The number of urea groups is 1. The summed E-state index contributed by atoms with van der Waals surface area (Å²) in [5.41, 5.74) is 1.09. The number of halogens is 2. The van der Waals surface area contributed by atoms with Crippen molar-refractivity contribution in [2.75, 3.05) is 25.5 Å². The summed E-state index contributed by atoms with van der Waals surface area (Å²) in [6, 6.07) is 13.2. The third-order valence-electron chi connectivity index (χ3n) is 7.29. The van der Waals surface area contributed by atoms with Gasteiger partial charge in [-0.05, 0) is 48.7 Å². The number of anilines is 1. The van der Waals surface area contributed by atoms with Crippen LogP contribution in [0.4, 0.5) is 19.8 Å². The molecule has 11 nitrogen and oxygen atoms in total. The Hall–Kier alpha value is -5.10. The smallest absolute Gasteiger partial charge is 0.412 e. The SMILES string of the molecule is CN(C(=O)NCc1cccc(F)c1Cl)[C@@H](CCCN1C(=O)c2ccccc2C1=O)COC(=O)Nc1cc2cnccc2cn1. The average molecular weight is 619 g/mol. The number of ether oxygens (including phenoxy) is 1. The molecule has 2 N–H and O–H groups in total. The number of carbonyl (C=O) groups is 4. The molecule has 5 rings (SSSR count). The maximum absolute atomic E-state index is 13.8. The van der Waals surface area contributed by atoms with Crippen LogP contribution >= 0.6 is 11.6 Å². The van der Waals surface area contributed by atoms with Gasteiger partial charge in [-0.3, -0.25) is 24.8 Å². The second-order valence-corrected chi connectivity index (χ2v) is 10.5. The maximum Gasteiger partial charge on any atom is 0.412 e. The molecule has 5 amide bonds. The minimum atomic E-state index is -0.786. The van der Waals surface area contributed by atoms with E-state index >= 15 is 0 Å². The Balaban J connectivity index is 1.22. The molecule has 2 aromatic carbocycles. The molecule has 1 atom stereocenters. The van der Waals surface area contributed by atoms with Gasteiger partial charge in [-0.1, -0.05) is 35.9 Å². The lowest BCUT2D eigenvalue weighted by Crippen LogP contribution is -2.46. The van der Waals surface area contributed by atoms with Crippen molar-refractivity contribution in [2.45, 2.75) is 25.4 Å². The fourth-order valence-corrected chi connectivity index (χ4v) is 5.02. The van der Waals surface area contributed by atoms with Crippen LogP contribution in [0.25, 0.3) is 10.8 Å². The number of nitrogens with one attached hydrogen (secondary N) is 2. The molecule has 2 aromatic heterocycles. The van der Waals surface area contributed by atoms with Gasteiger partial charge in [0.25, 0.3) is 11.8 Å². The molecule has 226 valence electrons. The molecule has 4 aromatic rings. The van der Waals surface area contributed by atoms with Crippen molar-refractivity contribution in [3.05, 3.63) is 101 Å². The molecule has 44 heavy (non-hydrogen) atoms. The van der Waals surface area contributed by atoms with E-state index in [0.717, 1.165) is 10.8 Å². The third-order valence-corrected chi connectivity index (χ3v) is 7.71. The van der Waals surface area contributed by atoms with Crippen molar-refractivity contribution in [3.63, 3.8) is 0 Å². The zero-order chi connectivity index (χ0) is 31.2. The van der Waals surface area contributed by atoms with Gasteiger partial charge in [0.05, 0.1) is 22.2 Å². The molecule has 0 saturated carbocycles. The van der Waals surface area contributed by atoms with E-state index in [1.807, 2.05) is 0 Å². The number of nitrogens with zero attached hydrogens (tertiary/aromatic N) is 4. The van der Waals surface area contributed by atoms with Gasteiger partial charge in [-0.2, -0.15) is 0 Å². The van der Waals surface area contributed by atoms with Crippen molar-refractivity contribution in [3.8, 4) is 0 Å². The lowest BCUT2D eigenvalue weighted by Gasteiger charge is -2.28. The quantitative estimate of drug-likeness (QED) is 0.232. The van der Waals surface area contributed by atoms with Crippen molar-refractivity contribution < 1.29 is 28.3 Å². The van der Waals surface area contributed by atoms with Gasteiger partial charge in [0, 0.05) is 49.5 Å². The van der Waals surface area contributed by atoms with E-state index in [1.165, 1.54) is 29.0 Å². The van der Waals surface area contributed by atoms with E-state index in [1.54, 1.807) is 61.1 Å². The predicted molar refractivity (Wildman–Crippen MR) is 161 cm³/mol. The highest BCUT2D eigenvalue weighted by molar-refractivity contribution is 6.31. The topological polar surface area (TPSA) is 134 Å². The summed E-state index contributed by atoms with van der Waals surface area (Å²) in [6.07, 6.45) is 4.70. The predicted octanol–water partition coefficient (Wildman–Crippen LogP) is 5.26. The normalized spacial score (nSPS) is 13.0. The van der Waals surface area contributed by atoms with Gasteiger partial charge >= 0.3 is 12.1 Å². The summed E-state index contributed by atoms with van der Waals surface area (Å²) < 4.78 is 19.3. The number of aromatic nitrogens is 2. The lowest BCUT2D eigenvalue weighted by atomic mass is 10.1. The standard InChI is InChI=1S/C31H28ClFN6O5/c1-38(30(42)36-17-20-6-4-10-25(33)27(20)32)22(7-5-13-39-28(40)23-8-2-3-9-24(23)29(39)41)18-44-31(43)37-26-14-21-15-34-12-11-19(21)16-35-26/h2-4,6,8-12,14-16,22H,5,7,13,17-18H2,1H3,(H,36,42)(H,35,37,43)/t22-/m0/s1. The van der Waals surface area contributed by atoms with Crippen molar-refractivity contribution >= 4 is 52.1 Å². The Bertz CT molecular complexity index is 1700. The van der Waals surface area contributed by atoms with E-state index < -0.39 is 24.0 Å². The van der Waals surface area contributed by atoms with E-state index in [0.29, 0.717) is 23.1 Å². The van der Waals surface area contributed by atoms with Gasteiger partial charge in [-0.15, -0.1) is 0 Å². The molecule has 3 heterocycles. The Labute approximate surface area is 257 Å². The lowest BCUT2D eigenvalue weighted by molar-refractivity contribution is 0.0644. The number of amides is 5. The maximum atomic E-state index is 13.8. The summed E-state index contributed by atoms with van der Waals surface area (Å²) in [7, 11) is 1.52. The number of benzene rings is 2. The summed E-state index contributed by atoms with van der Waals surface area (Å²) in [5.74, 6) is -1.10. The first kappa shape index (κ1) is 30.4. The highest BCUT2D eigenvalue weighted by Gasteiger charge is 2.35. The van der Waals surface area contributed by atoms with Crippen LogP contribution in [0.5, 0.6) is 0 Å². The summed E-state index contributed by atoms with van der Waals surface area (Å²) in [4.78, 5) is 62.1. The molecule has 0 radical (unpaired) electrons. The van der Waals surface area contributed by atoms with Crippen LogP contribution in [-0.2, 0) is 11.3 Å². The number of rotatable bonds is 10. The summed E-state index contributed by atoms with van der Waals surface area (Å²) >= 11 is 6.02. The Morgan fingerprint density at radius 2 is 1.80 bits per heavy atom. The largest absolute Gasteiger partial charge is 0.447 e. The van der Waals surface area contributed by atoms with Gasteiger partial charge in [0.2, 0.25) is 0 Å². The Morgan fingerprint density at radius 1 is 1.05 bits per heavy atom.